The number of hydrogen-bond acceptors (Lipinski definition) is 4. The summed E-state index contributed by atoms with van der Waals surface area (Å²) in [5.74, 6) is 0.885. The lowest BCUT2D eigenvalue weighted by Gasteiger charge is -2.12. The Balaban J connectivity index is 1.47. The largest absolute Gasteiger partial charge is 0.482 e. The zero-order chi connectivity index (χ0) is 21.3. The van der Waals surface area contributed by atoms with E-state index in [0.717, 1.165) is 24.5 Å². The van der Waals surface area contributed by atoms with Gasteiger partial charge in [0, 0.05) is 14.6 Å². The van der Waals surface area contributed by atoms with E-state index in [1.165, 1.54) is 0 Å². The van der Waals surface area contributed by atoms with Gasteiger partial charge in [0.2, 0.25) is 5.89 Å². The molecule has 0 aliphatic carbocycles. The fourth-order valence-corrected chi connectivity index (χ4v) is 4.97. The van der Waals surface area contributed by atoms with Gasteiger partial charge in [0.15, 0.2) is 12.2 Å². The van der Waals surface area contributed by atoms with Gasteiger partial charge >= 0.3 is 0 Å². The molecule has 0 atom stereocenters. The molecule has 4 rings (SSSR count). The van der Waals surface area contributed by atoms with Crippen LogP contribution in [0.2, 0.25) is 0 Å². The van der Waals surface area contributed by atoms with Gasteiger partial charge in [-0.3, -0.25) is 4.79 Å². The van der Waals surface area contributed by atoms with E-state index in [1.807, 2.05) is 43.3 Å². The van der Waals surface area contributed by atoms with Gasteiger partial charge in [-0.05, 0) is 86.8 Å². The minimum Gasteiger partial charge on any atom is -0.482 e. The summed E-state index contributed by atoms with van der Waals surface area (Å²) in [4.78, 5) is 16.9. The number of aryl methyl sites for hydroxylation is 1. The van der Waals surface area contributed by atoms with Gasteiger partial charge in [0.1, 0.15) is 11.3 Å². The number of nitrogens with zero attached hydrogens (tertiary/aromatic N) is 1. The molecule has 0 radical (unpaired) electrons. The SMILES string of the molecule is Cc1cc(Br)cc(Br)c1OCC(=O)Nc1ccc2oc(-c3ccccc3Br)nc2c1. The van der Waals surface area contributed by atoms with Crippen molar-refractivity contribution in [3.63, 3.8) is 0 Å². The number of hydrogen-bond donors (Lipinski definition) is 1. The minimum absolute atomic E-state index is 0.111. The molecule has 0 fully saturated rings. The molecule has 1 heterocycles. The van der Waals surface area contributed by atoms with Gasteiger partial charge < -0.3 is 14.5 Å². The summed E-state index contributed by atoms with van der Waals surface area (Å²) in [5, 5.41) is 2.84. The first-order chi connectivity index (χ1) is 14.4. The summed E-state index contributed by atoms with van der Waals surface area (Å²) in [5.41, 5.74) is 3.71. The molecule has 8 heteroatoms. The number of anilines is 1. The lowest BCUT2D eigenvalue weighted by Crippen LogP contribution is -2.20. The predicted octanol–water partition coefficient (Wildman–Crippen LogP) is 7.11. The first-order valence-corrected chi connectivity index (χ1v) is 11.3. The Morgan fingerprint density at radius 1 is 1.07 bits per heavy atom. The Hall–Kier alpha value is -2.16. The zero-order valence-corrected chi connectivity index (χ0v) is 20.5. The maximum atomic E-state index is 12.4. The fourth-order valence-electron chi connectivity index (χ4n) is 2.96. The average molecular weight is 595 g/mol. The van der Waals surface area contributed by atoms with E-state index < -0.39 is 0 Å². The lowest BCUT2D eigenvalue weighted by molar-refractivity contribution is -0.118. The summed E-state index contributed by atoms with van der Waals surface area (Å²) < 4.78 is 14.2. The van der Waals surface area contributed by atoms with Crippen LogP contribution >= 0.6 is 47.8 Å². The van der Waals surface area contributed by atoms with Crippen molar-refractivity contribution in [1.29, 1.82) is 0 Å². The van der Waals surface area contributed by atoms with Crippen molar-refractivity contribution in [2.24, 2.45) is 0 Å². The highest BCUT2D eigenvalue weighted by Crippen LogP contribution is 2.33. The number of carbonyl (C=O) groups excluding carboxylic acids is 1. The molecule has 30 heavy (non-hydrogen) atoms. The number of oxazole rings is 1. The summed E-state index contributed by atoms with van der Waals surface area (Å²) in [7, 11) is 0. The van der Waals surface area contributed by atoms with Crippen LogP contribution in [0, 0.1) is 6.92 Å². The van der Waals surface area contributed by atoms with Gasteiger partial charge in [-0.25, -0.2) is 4.98 Å². The van der Waals surface area contributed by atoms with Gasteiger partial charge in [0.05, 0.1) is 10.0 Å². The van der Waals surface area contributed by atoms with Gasteiger partial charge in [-0.1, -0.05) is 28.1 Å². The van der Waals surface area contributed by atoms with Crippen LogP contribution in [0.25, 0.3) is 22.6 Å². The molecular formula is C22H15Br3N2O3. The number of carbonyl (C=O) groups is 1. The number of nitrogens with one attached hydrogen (secondary N) is 1. The van der Waals surface area contributed by atoms with Crippen LogP contribution in [0.5, 0.6) is 5.75 Å². The third-order valence-corrected chi connectivity index (χ3v) is 6.06. The molecule has 0 aliphatic rings. The molecule has 1 aromatic heterocycles. The molecule has 4 aromatic rings. The van der Waals surface area contributed by atoms with Crippen molar-refractivity contribution >= 4 is 70.5 Å². The average Bonchev–Trinajstić information content (AvgIpc) is 3.10. The highest BCUT2D eigenvalue weighted by molar-refractivity contribution is 9.11. The third kappa shape index (κ3) is 4.61. The molecule has 152 valence electrons. The molecule has 0 aliphatic heterocycles. The molecule has 3 aromatic carbocycles. The topological polar surface area (TPSA) is 64.4 Å². The first kappa shape index (κ1) is 21.1. The third-order valence-electron chi connectivity index (χ3n) is 4.32. The maximum absolute atomic E-state index is 12.4. The molecule has 0 saturated carbocycles. The Morgan fingerprint density at radius 3 is 2.63 bits per heavy atom. The Bertz CT molecular complexity index is 1230. The van der Waals surface area contributed by atoms with Crippen LogP contribution < -0.4 is 10.1 Å². The van der Waals surface area contributed by atoms with Gasteiger partial charge in [0.25, 0.3) is 5.91 Å². The van der Waals surface area contributed by atoms with Crippen molar-refractivity contribution in [3.05, 3.63) is 73.6 Å². The van der Waals surface area contributed by atoms with E-state index in [1.54, 1.807) is 18.2 Å². The minimum atomic E-state index is -0.266. The van der Waals surface area contributed by atoms with E-state index >= 15 is 0 Å². The summed E-state index contributed by atoms with van der Waals surface area (Å²) in [6.07, 6.45) is 0. The maximum Gasteiger partial charge on any atom is 0.262 e. The first-order valence-electron chi connectivity index (χ1n) is 8.94. The zero-order valence-electron chi connectivity index (χ0n) is 15.7. The Morgan fingerprint density at radius 2 is 1.87 bits per heavy atom. The van der Waals surface area contributed by atoms with Crippen LogP contribution in [0.1, 0.15) is 5.56 Å². The van der Waals surface area contributed by atoms with E-state index in [2.05, 4.69) is 58.1 Å². The van der Waals surface area contributed by atoms with Crippen molar-refractivity contribution in [2.75, 3.05) is 11.9 Å². The van der Waals surface area contributed by atoms with Crippen LogP contribution in [-0.2, 0) is 4.79 Å². The molecule has 0 spiro atoms. The van der Waals surface area contributed by atoms with E-state index in [4.69, 9.17) is 9.15 Å². The number of benzene rings is 3. The van der Waals surface area contributed by atoms with Gasteiger partial charge in [-0.2, -0.15) is 0 Å². The monoisotopic (exact) mass is 592 g/mol. The molecule has 5 nitrogen and oxygen atoms in total. The van der Waals surface area contributed by atoms with Crippen LogP contribution in [0.3, 0.4) is 0 Å². The Kier molecular flexibility index (Phi) is 6.26. The molecule has 0 bridgehead atoms. The van der Waals surface area contributed by atoms with Crippen LogP contribution in [0.15, 0.2) is 72.4 Å². The summed E-state index contributed by atoms with van der Waals surface area (Å²) in [6, 6.07) is 16.9. The number of ether oxygens (including phenoxy) is 1. The van der Waals surface area contributed by atoms with Crippen molar-refractivity contribution < 1.29 is 13.9 Å². The summed E-state index contributed by atoms with van der Waals surface area (Å²) >= 11 is 10.4. The highest BCUT2D eigenvalue weighted by Gasteiger charge is 2.13. The van der Waals surface area contributed by atoms with Crippen molar-refractivity contribution in [2.45, 2.75) is 6.92 Å². The van der Waals surface area contributed by atoms with E-state index in [0.29, 0.717) is 28.4 Å². The Labute approximate surface area is 198 Å². The molecule has 1 amide bonds. The number of aromatic nitrogens is 1. The number of fused-ring (bicyclic) bond motifs is 1. The summed E-state index contributed by atoms with van der Waals surface area (Å²) in [6.45, 7) is 1.81. The van der Waals surface area contributed by atoms with E-state index in [9.17, 15) is 4.79 Å². The second-order valence-corrected chi connectivity index (χ2v) is 9.18. The smallest absolute Gasteiger partial charge is 0.262 e. The number of rotatable bonds is 5. The van der Waals surface area contributed by atoms with Gasteiger partial charge in [-0.15, -0.1) is 0 Å². The van der Waals surface area contributed by atoms with Crippen LogP contribution in [0.4, 0.5) is 5.69 Å². The number of amides is 1. The van der Waals surface area contributed by atoms with Crippen molar-refractivity contribution in [1.82, 2.24) is 4.98 Å². The number of halogens is 3. The highest BCUT2D eigenvalue weighted by atomic mass is 79.9. The second kappa shape index (κ2) is 8.91. The standard InChI is InChI=1S/C22H15Br3N2O3/c1-12-8-13(23)9-17(25)21(12)29-11-20(28)26-14-6-7-19-18(10-14)27-22(30-19)15-4-2-3-5-16(15)24/h2-10H,11H2,1H3,(H,26,28). The molecular weight excluding hydrogens is 580 g/mol. The van der Waals surface area contributed by atoms with Crippen molar-refractivity contribution in [3.8, 4) is 17.2 Å². The lowest BCUT2D eigenvalue weighted by atomic mass is 10.2. The second-order valence-electron chi connectivity index (χ2n) is 6.55. The molecule has 0 unspecified atom stereocenters. The van der Waals surface area contributed by atoms with Crippen LogP contribution in [-0.4, -0.2) is 17.5 Å². The molecule has 0 saturated heterocycles. The van der Waals surface area contributed by atoms with E-state index in [-0.39, 0.29) is 12.5 Å². The fraction of sp³-hybridized carbons (Fsp3) is 0.0909. The predicted molar refractivity (Wildman–Crippen MR) is 128 cm³/mol. The molecule has 1 N–H and O–H groups in total. The quantitative estimate of drug-likeness (QED) is 0.267. The normalized spacial score (nSPS) is 10.9.